The summed E-state index contributed by atoms with van der Waals surface area (Å²) < 4.78 is 5.17. The molecule has 2 amide bonds. The quantitative estimate of drug-likeness (QED) is 0.466. The van der Waals surface area contributed by atoms with Crippen LogP contribution in [0.5, 0.6) is 0 Å². The van der Waals surface area contributed by atoms with Crippen molar-refractivity contribution in [2.24, 2.45) is 5.10 Å². The molecular formula is C12H22N4O3S. The lowest BCUT2D eigenvalue weighted by Crippen LogP contribution is -2.50. The summed E-state index contributed by atoms with van der Waals surface area (Å²) in [4.78, 5) is 26.4. The van der Waals surface area contributed by atoms with Crippen molar-refractivity contribution in [3.8, 4) is 0 Å². The number of piperazine rings is 1. The van der Waals surface area contributed by atoms with Crippen LogP contribution in [0.1, 0.15) is 20.8 Å². The molecule has 20 heavy (non-hydrogen) atoms. The van der Waals surface area contributed by atoms with Crippen LogP contribution in [0.4, 0.5) is 4.79 Å². The first-order chi connectivity index (χ1) is 9.43. The molecule has 0 aliphatic carbocycles. The SMILES string of the molecule is CS/C(=N\NC(C)=O)N1CCN(C(=O)OC(C)C)CC1. The zero-order valence-electron chi connectivity index (χ0n) is 12.4. The minimum absolute atomic E-state index is 0.108. The lowest BCUT2D eigenvalue weighted by Gasteiger charge is -2.35. The van der Waals surface area contributed by atoms with Crippen LogP contribution in [0.2, 0.25) is 0 Å². The number of carbonyl (C=O) groups excluding carboxylic acids is 2. The predicted molar refractivity (Wildman–Crippen MR) is 79.5 cm³/mol. The highest BCUT2D eigenvalue weighted by molar-refractivity contribution is 8.13. The summed E-state index contributed by atoms with van der Waals surface area (Å²) in [6.07, 6.45) is 1.52. The normalized spacial score (nSPS) is 16.4. The fourth-order valence-corrected chi connectivity index (χ4v) is 2.31. The lowest BCUT2D eigenvalue weighted by molar-refractivity contribution is -0.118. The Hall–Kier alpha value is -1.44. The number of amidine groups is 1. The van der Waals surface area contributed by atoms with Gasteiger partial charge in [-0.1, -0.05) is 11.8 Å². The van der Waals surface area contributed by atoms with Crippen LogP contribution >= 0.6 is 11.8 Å². The van der Waals surface area contributed by atoms with Gasteiger partial charge < -0.3 is 14.5 Å². The summed E-state index contributed by atoms with van der Waals surface area (Å²) in [5, 5.41) is 4.80. The van der Waals surface area contributed by atoms with Crippen LogP contribution < -0.4 is 5.43 Å². The van der Waals surface area contributed by atoms with Crippen molar-refractivity contribution in [3.63, 3.8) is 0 Å². The van der Waals surface area contributed by atoms with Crippen molar-refractivity contribution in [3.05, 3.63) is 0 Å². The first-order valence-corrected chi connectivity index (χ1v) is 7.75. The monoisotopic (exact) mass is 302 g/mol. The summed E-state index contributed by atoms with van der Waals surface area (Å²) in [5.74, 6) is -0.198. The van der Waals surface area contributed by atoms with Gasteiger partial charge in [-0.2, -0.15) is 0 Å². The Morgan fingerprint density at radius 3 is 2.20 bits per heavy atom. The van der Waals surface area contributed by atoms with Gasteiger partial charge in [0.05, 0.1) is 6.10 Å². The first kappa shape index (κ1) is 16.6. The molecular weight excluding hydrogens is 280 g/mol. The lowest BCUT2D eigenvalue weighted by atomic mass is 10.3. The van der Waals surface area contributed by atoms with Gasteiger partial charge in [0.1, 0.15) is 0 Å². The summed E-state index contributed by atoms with van der Waals surface area (Å²) in [6.45, 7) is 7.61. The molecule has 0 spiro atoms. The van der Waals surface area contributed by atoms with E-state index in [0.29, 0.717) is 26.2 Å². The molecule has 0 aromatic rings. The van der Waals surface area contributed by atoms with E-state index in [-0.39, 0.29) is 18.1 Å². The maximum atomic E-state index is 11.8. The second kappa shape index (κ2) is 7.98. The fraction of sp³-hybridized carbons (Fsp3) is 0.750. The van der Waals surface area contributed by atoms with Crippen LogP contribution in [-0.4, -0.2) is 65.5 Å². The Morgan fingerprint density at radius 1 is 1.20 bits per heavy atom. The molecule has 0 saturated carbocycles. The number of carbonyl (C=O) groups is 2. The number of rotatable bonds is 2. The van der Waals surface area contributed by atoms with Gasteiger partial charge in [0, 0.05) is 33.1 Å². The van der Waals surface area contributed by atoms with Gasteiger partial charge in [-0.05, 0) is 20.1 Å². The minimum Gasteiger partial charge on any atom is -0.447 e. The predicted octanol–water partition coefficient (Wildman–Crippen LogP) is 0.919. The molecule has 0 aromatic carbocycles. The smallest absolute Gasteiger partial charge is 0.410 e. The van der Waals surface area contributed by atoms with E-state index in [4.69, 9.17) is 4.74 Å². The number of amides is 2. The Bertz CT molecular complexity index is 379. The molecule has 0 bridgehead atoms. The van der Waals surface area contributed by atoms with E-state index in [9.17, 15) is 9.59 Å². The van der Waals surface area contributed by atoms with Crippen molar-refractivity contribution in [1.29, 1.82) is 0 Å². The van der Waals surface area contributed by atoms with Crippen LogP contribution in [0, 0.1) is 0 Å². The third-order valence-corrected chi connectivity index (χ3v) is 3.35. The van der Waals surface area contributed by atoms with Gasteiger partial charge >= 0.3 is 6.09 Å². The van der Waals surface area contributed by atoms with E-state index in [1.807, 2.05) is 25.0 Å². The van der Waals surface area contributed by atoms with E-state index in [0.717, 1.165) is 5.17 Å². The Balaban J connectivity index is 2.50. The van der Waals surface area contributed by atoms with E-state index in [1.54, 1.807) is 4.90 Å². The molecule has 1 aliphatic rings. The number of nitrogens with zero attached hydrogens (tertiary/aromatic N) is 3. The number of hydrogen-bond acceptors (Lipinski definition) is 5. The molecule has 8 heteroatoms. The third kappa shape index (κ3) is 5.28. The van der Waals surface area contributed by atoms with E-state index >= 15 is 0 Å². The van der Waals surface area contributed by atoms with Gasteiger partial charge in [0.25, 0.3) is 0 Å². The summed E-state index contributed by atoms with van der Waals surface area (Å²) >= 11 is 1.47. The van der Waals surface area contributed by atoms with Gasteiger partial charge in [-0.25, -0.2) is 10.2 Å². The molecule has 1 heterocycles. The topological polar surface area (TPSA) is 74.2 Å². The molecule has 0 radical (unpaired) electrons. The highest BCUT2D eigenvalue weighted by Crippen LogP contribution is 2.10. The third-order valence-electron chi connectivity index (χ3n) is 2.64. The maximum Gasteiger partial charge on any atom is 0.410 e. The maximum absolute atomic E-state index is 11.8. The highest BCUT2D eigenvalue weighted by Gasteiger charge is 2.24. The molecule has 0 unspecified atom stereocenters. The van der Waals surface area contributed by atoms with Crippen LogP contribution in [0.25, 0.3) is 0 Å². The van der Waals surface area contributed by atoms with Gasteiger partial charge in [-0.15, -0.1) is 5.10 Å². The zero-order valence-corrected chi connectivity index (χ0v) is 13.2. The largest absolute Gasteiger partial charge is 0.447 e. The number of ether oxygens (including phenoxy) is 1. The molecule has 0 aromatic heterocycles. The van der Waals surface area contributed by atoms with Crippen LogP contribution in [0.3, 0.4) is 0 Å². The first-order valence-electron chi connectivity index (χ1n) is 6.52. The highest BCUT2D eigenvalue weighted by atomic mass is 32.2. The molecule has 1 aliphatic heterocycles. The van der Waals surface area contributed by atoms with E-state index in [2.05, 4.69) is 10.5 Å². The van der Waals surface area contributed by atoms with Crippen molar-refractivity contribution in [2.45, 2.75) is 26.9 Å². The van der Waals surface area contributed by atoms with Crippen molar-refractivity contribution >= 4 is 28.9 Å². The number of nitrogens with one attached hydrogen (secondary N) is 1. The fourth-order valence-electron chi connectivity index (χ4n) is 1.73. The minimum atomic E-state index is -0.274. The molecule has 0 atom stereocenters. The van der Waals surface area contributed by atoms with E-state index < -0.39 is 0 Å². The zero-order chi connectivity index (χ0) is 15.1. The average Bonchev–Trinajstić information content (AvgIpc) is 2.39. The summed E-state index contributed by atoms with van der Waals surface area (Å²) in [6, 6.07) is 0. The molecule has 1 saturated heterocycles. The number of hydrazone groups is 1. The number of thioether (sulfide) groups is 1. The van der Waals surface area contributed by atoms with Crippen molar-refractivity contribution in [1.82, 2.24) is 15.2 Å². The van der Waals surface area contributed by atoms with E-state index in [1.165, 1.54) is 18.7 Å². The van der Waals surface area contributed by atoms with Gasteiger partial charge in [0.15, 0.2) is 5.17 Å². The van der Waals surface area contributed by atoms with Crippen molar-refractivity contribution in [2.75, 3.05) is 32.4 Å². The van der Waals surface area contributed by atoms with Gasteiger partial charge in [-0.3, -0.25) is 4.79 Å². The summed E-state index contributed by atoms with van der Waals surface area (Å²) in [7, 11) is 0. The molecule has 1 rings (SSSR count). The van der Waals surface area contributed by atoms with Crippen LogP contribution in [-0.2, 0) is 9.53 Å². The van der Waals surface area contributed by atoms with Gasteiger partial charge in [0.2, 0.25) is 5.91 Å². The van der Waals surface area contributed by atoms with Crippen LogP contribution in [0.15, 0.2) is 5.10 Å². The Labute approximate surface area is 123 Å². The summed E-state index contributed by atoms with van der Waals surface area (Å²) in [5.41, 5.74) is 2.44. The standard InChI is InChI=1S/C12H22N4O3S/c1-9(2)19-12(18)16-7-5-15(6-8-16)11(20-4)14-13-10(3)17/h9H,5-8H2,1-4H3,(H,13,17)/b14-11-. The molecule has 114 valence electrons. The Kier molecular flexibility index (Phi) is 6.63. The average molecular weight is 302 g/mol. The second-order valence-electron chi connectivity index (χ2n) is 4.67. The molecule has 7 nitrogen and oxygen atoms in total. The van der Waals surface area contributed by atoms with Crippen molar-refractivity contribution < 1.29 is 14.3 Å². The molecule has 1 fully saturated rings. The molecule has 1 N–H and O–H groups in total. The second-order valence-corrected chi connectivity index (χ2v) is 5.45. The number of hydrogen-bond donors (Lipinski definition) is 1. The Morgan fingerprint density at radius 2 is 1.75 bits per heavy atom.